The number of nitrogen functional groups attached to an aromatic ring is 1. The second kappa shape index (κ2) is 5.57. The number of benzene rings is 1. The zero-order chi connectivity index (χ0) is 16.5. The number of anilines is 1. The molecular weight excluding hydrogens is 314 g/mol. The van der Waals surface area contributed by atoms with E-state index in [0.717, 1.165) is 12.1 Å². The minimum Gasteiger partial charge on any atom is -0.487 e. The van der Waals surface area contributed by atoms with Crippen molar-refractivity contribution in [1.82, 2.24) is 0 Å². The average molecular weight is 323 g/mol. The maximum absolute atomic E-state index is 13.1. The van der Waals surface area contributed by atoms with E-state index in [2.05, 4.69) is 4.74 Å². The standard InChI is InChI=1S/C11H9F8NO/c12-8(13)10(16,17)11(18,19)9(14,15)5-21-7-3-1-6(20)2-4-7/h1-4,8H,5,20H2. The van der Waals surface area contributed by atoms with Crippen LogP contribution in [0.15, 0.2) is 24.3 Å². The molecule has 10 heteroatoms. The topological polar surface area (TPSA) is 35.2 Å². The summed E-state index contributed by atoms with van der Waals surface area (Å²) in [5, 5.41) is 0. The van der Waals surface area contributed by atoms with Crippen molar-refractivity contribution in [3.05, 3.63) is 24.3 Å². The Hall–Kier alpha value is -1.74. The fraction of sp³-hybridized carbons (Fsp3) is 0.455. The van der Waals surface area contributed by atoms with Crippen LogP contribution in [0, 0.1) is 0 Å². The second-order valence-corrected chi connectivity index (χ2v) is 4.06. The molecule has 0 spiro atoms. The quantitative estimate of drug-likeness (QED) is 0.638. The predicted octanol–water partition coefficient (Wildman–Crippen LogP) is 3.82. The van der Waals surface area contributed by atoms with Crippen LogP contribution in [-0.4, -0.2) is 30.8 Å². The largest absolute Gasteiger partial charge is 0.487 e. The molecule has 0 aliphatic carbocycles. The number of hydrogen-bond donors (Lipinski definition) is 1. The van der Waals surface area contributed by atoms with Crippen LogP contribution in [-0.2, 0) is 0 Å². The van der Waals surface area contributed by atoms with Crippen LogP contribution in [0.4, 0.5) is 40.8 Å². The highest BCUT2D eigenvalue weighted by Crippen LogP contribution is 2.48. The van der Waals surface area contributed by atoms with Crippen molar-refractivity contribution >= 4 is 5.69 Å². The van der Waals surface area contributed by atoms with Crippen LogP contribution in [0.5, 0.6) is 5.75 Å². The minimum absolute atomic E-state index is 0.212. The molecule has 1 aromatic rings. The Morgan fingerprint density at radius 2 is 1.43 bits per heavy atom. The fourth-order valence-corrected chi connectivity index (χ4v) is 1.21. The van der Waals surface area contributed by atoms with Gasteiger partial charge in [-0.05, 0) is 24.3 Å². The molecule has 0 aliphatic rings. The number of hydrogen-bond acceptors (Lipinski definition) is 2. The summed E-state index contributed by atoms with van der Waals surface area (Å²) in [6.07, 6.45) is -4.95. The summed E-state index contributed by atoms with van der Waals surface area (Å²) in [7, 11) is 0. The summed E-state index contributed by atoms with van der Waals surface area (Å²) in [5.41, 5.74) is 5.47. The van der Waals surface area contributed by atoms with E-state index in [1.54, 1.807) is 0 Å². The molecule has 21 heavy (non-hydrogen) atoms. The van der Waals surface area contributed by atoms with Crippen LogP contribution in [0.25, 0.3) is 0 Å². The fourth-order valence-electron chi connectivity index (χ4n) is 1.21. The van der Waals surface area contributed by atoms with Gasteiger partial charge in [-0.15, -0.1) is 0 Å². The number of nitrogens with two attached hydrogens (primary N) is 1. The van der Waals surface area contributed by atoms with E-state index in [1.807, 2.05) is 0 Å². The second-order valence-electron chi connectivity index (χ2n) is 4.06. The Morgan fingerprint density at radius 1 is 0.952 bits per heavy atom. The van der Waals surface area contributed by atoms with E-state index >= 15 is 0 Å². The SMILES string of the molecule is Nc1ccc(OCC(F)(F)C(F)(F)C(F)(F)C(F)F)cc1. The van der Waals surface area contributed by atoms with Crippen molar-refractivity contribution in [2.24, 2.45) is 0 Å². The molecule has 0 radical (unpaired) electrons. The molecule has 0 fully saturated rings. The predicted molar refractivity (Wildman–Crippen MR) is 57.2 cm³/mol. The third kappa shape index (κ3) is 3.30. The lowest BCUT2D eigenvalue weighted by Crippen LogP contribution is -2.59. The van der Waals surface area contributed by atoms with Crippen molar-refractivity contribution in [1.29, 1.82) is 0 Å². The third-order valence-corrected chi connectivity index (χ3v) is 2.45. The van der Waals surface area contributed by atoms with E-state index in [0.29, 0.717) is 0 Å². The lowest BCUT2D eigenvalue weighted by Gasteiger charge is -2.31. The first-order valence-electron chi connectivity index (χ1n) is 5.32. The highest BCUT2D eigenvalue weighted by atomic mass is 19.4. The first kappa shape index (κ1) is 17.3. The Bertz CT molecular complexity index is 474. The first-order valence-corrected chi connectivity index (χ1v) is 5.32. The van der Waals surface area contributed by atoms with Gasteiger partial charge < -0.3 is 10.5 Å². The molecule has 0 heterocycles. The van der Waals surface area contributed by atoms with Gasteiger partial charge in [-0.2, -0.15) is 26.3 Å². The monoisotopic (exact) mass is 323 g/mol. The summed E-state index contributed by atoms with van der Waals surface area (Å²) >= 11 is 0. The molecule has 0 unspecified atom stereocenters. The first-order chi connectivity index (χ1) is 9.42. The van der Waals surface area contributed by atoms with Crippen LogP contribution < -0.4 is 10.5 Å². The highest BCUT2D eigenvalue weighted by molar-refractivity contribution is 5.41. The lowest BCUT2D eigenvalue weighted by molar-refractivity contribution is -0.342. The summed E-state index contributed by atoms with van der Waals surface area (Å²) < 4.78 is 105. The van der Waals surface area contributed by atoms with Gasteiger partial charge in [0.15, 0.2) is 6.61 Å². The van der Waals surface area contributed by atoms with E-state index < -0.39 is 30.8 Å². The average Bonchev–Trinajstić information content (AvgIpc) is 2.37. The van der Waals surface area contributed by atoms with Gasteiger partial charge >= 0.3 is 24.2 Å². The highest BCUT2D eigenvalue weighted by Gasteiger charge is 2.75. The van der Waals surface area contributed by atoms with Crippen LogP contribution >= 0.6 is 0 Å². The van der Waals surface area contributed by atoms with E-state index in [9.17, 15) is 35.1 Å². The molecule has 0 amide bonds. The van der Waals surface area contributed by atoms with Gasteiger partial charge in [-0.25, -0.2) is 8.78 Å². The van der Waals surface area contributed by atoms with Crippen molar-refractivity contribution in [2.75, 3.05) is 12.3 Å². The number of ether oxygens (including phenoxy) is 1. The minimum atomic E-state index is -6.28. The zero-order valence-corrected chi connectivity index (χ0v) is 10.1. The molecule has 0 saturated carbocycles. The molecule has 2 nitrogen and oxygen atoms in total. The summed E-state index contributed by atoms with van der Waals surface area (Å²) in [5.74, 6) is -18.3. The van der Waals surface area contributed by atoms with E-state index in [1.165, 1.54) is 12.1 Å². The smallest absolute Gasteiger partial charge is 0.381 e. The van der Waals surface area contributed by atoms with Crippen LogP contribution in [0.3, 0.4) is 0 Å². The van der Waals surface area contributed by atoms with Crippen molar-refractivity contribution < 1.29 is 39.9 Å². The van der Waals surface area contributed by atoms with Crippen molar-refractivity contribution in [3.8, 4) is 5.75 Å². The van der Waals surface area contributed by atoms with Crippen molar-refractivity contribution in [3.63, 3.8) is 0 Å². The number of halogens is 8. The molecule has 1 aromatic carbocycles. The van der Waals surface area contributed by atoms with E-state index in [4.69, 9.17) is 5.73 Å². The van der Waals surface area contributed by atoms with Crippen LogP contribution in [0.2, 0.25) is 0 Å². The van der Waals surface area contributed by atoms with Crippen LogP contribution in [0.1, 0.15) is 0 Å². The summed E-state index contributed by atoms with van der Waals surface area (Å²) in [4.78, 5) is 0. The summed E-state index contributed by atoms with van der Waals surface area (Å²) in [6.45, 7) is -2.20. The molecule has 0 aromatic heterocycles. The molecule has 2 N–H and O–H groups in total. The van der Waals surface area contributed by atoms with Gasteiger partial charge in [-0.3, -0.25) is 0 Å². The summed E-state index contributed by atoms with van der Waals surface area (Å²) in [6, 6.07) is 4.41. The van der Waals surface area contributed by atoms with Gasteiger partial charge in [0.25, 0.3) is 0 Å². The molecule has 0 atom stereocenters. The normalized spacial score (nSPS) is 13.6. The third-order valence-electron chi connectivity index (χ3n) is 2.45. The Kier molecular flexibility index (Phi) is 4.59. The van der Waals surface area contributed by atoms with Gasteiger partial charge in [0.1, 0.15) is 5.75 Å². The molecule has 0 bridgehead atoms. The molecule has 0 aliphatic heterocycles. The van der Waals surface area contributed by atoms with Crippen molar-refractivity contribution in [2.45, 2.75) is 24.2 Å². The molecule has 120 valence electrons. The molecular formula is C11H9F8NO. The number of alkyl halides is 8. The van der Waals surface area contributed by atoms with E-state index in [-0.39, 0.29) is 11.4 Å². The van der Waals surface area contributed by atoms with Gasteiger partial charge in [0, 0.05) is 5.69 Å². The maximum Gasteiger partial charge on any atom is 0.381 e. The van der Waals surface area contributed by atoms with Gasteiger partial charge in [-0.1, -0.05) is 0 Å². The Morgan fingerprint density at radius 3 is 1.86 bits per heavy atom. The Labute approximate surface area is 113 Å². The zero-order valence-electron chi connectivity index (χ0n) is 10.1. The molecule has 1 rings (SSSR count). The van der Waals surface area contributed by atoms with Gasteiger partial charge in [0.2, 0.25) is 0 Å². The number of rotatable bonds is 6. The van der Waals surface area contributed by atoms with Gasteiger partial charge in [0.05, 0.1) is 0 Å². The molecule has 0 saturated heterocycles. The maximum atomic E-state index is 13.1. The Balaban J connectivity index is 2.87. The lowest BCUT2D eigenvalue weighted by atomic mass is 10.1.